The van der Waals surface area contributed by atoms with Crippen molar-refractivity contribution in [3.05, 3.63) is 90.1 Å². The summed E-state index contributed by atoms with van der Waals surface area (Å²) in [5.41, 5.74) is 3.16. The number of ether oxygens (including phenoxy) is 3. The summed E-state index contributed by atoms with van der Waals surface area (Å²) in [4.78, 5) is 6.07. The SMILES string of the molecule is C=S(=O)(Cc1cccc(COc2cc(OC)cc3oc(-c4cn5nc(OC)sc5n4)cc23)c1)c1ccccc1. The molecule has 10 heteroatoms. The Morgan fingerprint density at radius 1 is 1.00 bits per heavy atom. The highest BCUT2D eigenvalue weighted by atomic mass is 32.2. The molecule has 3 aromatic carbocycles. The highest BCUT2D eigenvalue weighted by molar-refractivity contribution is 7.99. The van der Waals surface area contributed by atoms with E-state index >= 15 is 0 Å². The first-order valence-corrected chi connectivity index (χ1v) is 14.8. The summed E-state index contributed by atoms with van der Waals surface area (Å²) in [5, 5.41) is 5.67. The number of benzene rings is 3. The molecular formula is C29H25N3O5S2. The van der Waals surface area contributed by atoms with Gasteiger partial charge in [0.15, 0.2) is 5.76 Å². The van der Waals surface area contributed by atoms with Crippen LogP contribution < -0.4 is 14.2 Å². The van der Waals surface area contributed by atoms with Crippen molar-refractivity contribution in [1.29, 1.82) is 0 Å². The highest BCUT2D eigenvalue weighted by Crippen LogP contribution is 2.37. The molecule has 1 atom stereocenters. The largest absolute Gasteiger partial charge is 0.496 e. The first kappa shape index (κ1) is 25.0. The summed E-state index contributed by atoms with van der Waals surface area (Å²) in [6.45, 7) is 0.310. The number of hydrogen-bond donors (Lipinski definition) is 0. The van der Waals surface area contributed by atoms with Crippen molar-refractivity contribution in [3.8, 4) is 28.1 Å². The second-order valence-electron chi connectivity index (χ2n) is 8.95. The van der Waals surface area contributed by atoms with Crippen molar-refractivity contribution in [3.63, 3.8) is 0 Å². The number of fused-ring (bicyclic) bond motifs is 2. The van der Waals surface area contributed by atoms with Crippen LogP contribution in [0, 0.1) is 0 Å². The van der Waals surface area contributed by atoms with Gasteiger partial charge in [0.2, 0.25) is 4.96 Å². The fourth-order valence-corrected chi connectivity index (χ4v) is 6.56. The Morgan fingerprint density at radius 2 is 1.82 bits per heavy atom. The van der Waals surface area contributed by atoms with Crippen molar-refractivity contribution in [2.24, 2.45) is 0 Å². The van der Waals surface area contributed by atoms with Gasteiger partial charge < -0.3 is 18.6 Å². The topological polar surface area (TPSA) is 88.1 Å². The minimum absolute atomic E-state index is 0.310. The van der Waals surface area contributed by atoms with Crippen molar-refractivity contribution in [2.45, 2.75) is 17.3 Å². The van der Waals surface area contributed by atoms with E-state index in [-0.39, 0.29) is 0 Å². The third-order valence-electron chi connectivity index (χ3n) is 6.22. The molecule has 0 aliphatic rings. The molecule has 0 aliphatic heterocycles. The maximum absolute atomic E-state index is 13.3. The Morgan fingerprint density at radius 3 is 2.59 bits per heavy atom. The van der Waals surface area contributed by atoms with Crippen LogP contribution in [0.5, 0.6) is 16.7 Å². The minimum Gasteiger partial charge on any atom is -0.496 e. The van der Waals surface area contributed by atoms with Gasteiger partial charge in [0.05, 0.1) is 25.8 Å². The third kappa shape index (κ3) is 5.08. The van der Waals surface area contributed by atoms with Crippen molar-refractivity contribution >= 4 is 42.7 Å². The molecule has 0 saturated carbocycles. The highest BCUT2D eigenvalue weighted by Gasteiger charge is 2.17. The molecule has 8 nitrogen and oxygen atoms in total. The molecule has 3 aromatic heterocycles. The zero-order valence-corrected chi connectivity index (χ0v) is 23.0. The molecule has 0 N–H and O–H groups in total. The van der Waals surface area contributed by atoms with E-state index in [2.05, 4.69) is 16.0 Å². The molecule has 6 rings (SSSR count). The lowest BCUT2D eigenvalue weighted by atomic mass is 10.1. The lowest BCUT2D eigenvalue weighted by Crippen LogP contribution is -2.05. The van der Waals surface area contributed by atoms with Crippen LogP contribution in [-0.2, 0) is 21.9 Å². The average Bonchev–Trinajstić information content (AvgIpc) is 3.65. The fraction of sp³-hybridized carbons (Fsp3) is 0.138. The van der Waals surface area contributed by atoms with Crippen LogP contribution in [-0.4, -0.2) is 38.9 Å². The molecule has 198 valence electrons. The normalized spacial score (nSPS) is 13.0. The van der Waals surface area contributed by atoms with Crippen molar-refractivity contribution in [2.75, 3.05) is 14.2 Å². The number of rotatable bonds is 9. The average molecular weight is 560 g/mol. The van der Waals surface area contributed by atoms with E-state index in [1.54, 1.807) is 24.9 Å². The second-order valence-corrected chi connectivity index (χ2v) is 12.3. The van der Waals surface area contributed by atoms with E-state index in [9.17, 15) is 4.21 Å². The molecule has 0 bridgehead atoms. The van der Waals surface area contributed by atoms with Gasteiger partial charge in [-0.05, 0) is 46.5 Å². The van der Waals surface area contributed by atoms with Crippen molar-refractivity contribution < 1.29 is 22.8 Å². The smallest absolute Gasteiger partial charge is 0.294 e. The predicted octanol–water partition coefficient (Wildman–Crippen LogP) is 6.08. The van der Waals surface area contributed by atoms with Gasteiger partial charge in [-0.3, -0.25) is 4.21 Å². The van der Waals surface area contributed by atoms with Crippen LogP contribution in [0.15, 0.2) is 88.3 Å². The summed E-state index contributed by atoms with van der Waals surface area (Å²) in [5.74, 6) is 6.19. The van der Waals surface area contributed by atoms with Crippen LogP contribution in [0.25, 0.3) is 27.4 Å². The molecular weight excluding hydrogens is 534 g/mol. The van der Waals surface area contributed by atoms with Gasteiger partial charge in [-0.2, -0.15) is 0 Å². The molecule has 0 saturated heterocycles. The molecule has 0 aliphatic carbocycles. The standard InChI is InChI=1S/C29H25N3O5S2/c1-34-21-13-25(23-15-27(37-26(23)14-21)24-16-32-28(30-24)38-29(31-32)35-2)36-17-19-8-7-9-20(12-19)18-39(3,33)22-10-5-4-6-11-22/h4-16H,3,17-18H2,1-2H3. The minimum atomic E-state index is -2.46. The number of nitrogens with zero attached hydrogens (tertiary/aromatic N) is 3. The quantitative estimate of drug-likeness (QED) is 0.199. The van der Waals surface area contributed by atoms with Gasteiger partial charge >= 0.3 is 0 Å². The van der Waals surface area contributed by atoms with Gasteiger partial charge in [0.1, 0.15) is 29.4 Å². The lowest BCUT2D eigenvalue weighted by Gasteiger charge is -2.12. The van der Waals surface area contributed by atoms with Crippen molar-refractivity contribution in [1.82, 2.24) is 14.6 Å². The molecule has 6 aromatic rings. The van der Waals surface area contributed by atoms with Crippen LogP contribution in [0.1, 0.15) is 11.1 Å². The van der Waals surface area contributed by atoms with Crippen LogP contribution >= 0.6 is 11.3 Å². The Hall–Kier alpha value is -4.28. The second kappa shape index (κ2) is 10.1. The zero-order valence-electron chi connectivity index (χ0n) is 21.3. The molecule has 0 radical (unpaired) electrons. The van der Waals surface area contributed by atoms with Gasteiger partial charge in [-0.25, -0.2) is 9.50 Å². The first-order valence-electron chi connectivity index (χ1n) is 12.0. The van der Waals surface area contributed by atoms with E-state index in [0.717, 1.165) is 21.4 Å². The number of imidazole rings is 1. The Labute approximate surface area is 229 Å². The number of furan rings is 1. The van der Waals surface area contributed by atoms with E-state index < -0.39 is 9.52 Å². The maximum Gasteiger partial charge on any atom is 0.294 e. The predicted molar refractivity (Wildman–Crippen MR) is 154 cm³/mol. The molecule has 0 spiro atoms. The molecule has 3 heterocycles. The Bertz CT molecular complexity index is 1860. The Kier molecular flexibility index (Phi) is 6.49. The molecule has 39 heavy (non-hydrogen) atoms. The van der Waals surface area contributed by atoms with Gasteiger partial charge in [0.25, 0.3) is 5.19 Å². The summed E-state index contributed by atoms with van der Waals surface area (Å²) >= 11 is 1.35. The van der Waals surface area contributed by atoms with Crippen LogP contribution in [0.3, 0.4) is 0 Å². The van der Waals surface area contributed by atoms with E-state index in [1.807, 2.05) is 72.8 Å². The first-order chi connectivity index (χ1) is 18.9. The number of hydrogen-bond acceptors (Lipinski definition) is 8. The summed E-state index contributed by atoms with van der Waals surface area (Å²) in [7, 11) is 0.722. The Balaban J connectivity index is 1.25. The molecule has 1 unspecified atom stereocenters. The maximum atomic E-state index is 13.3. The van der Waals surface area contributed by atoms with E-state index in [4.69, 9.17) is 18.6 Å². The van der Waals surface area contributed by atoms with E-state index in [1.165, 1.54) is 11.3 Å². The van der Waals surface area contributed by atoms with Gasteiger partial charge in [-0.15, -0.1) is 5.10 Å². The molecule has 0 fully saturated rings. The van der Waals surface area contributed by atoms with Crippen LogP contribution in [0.2, 0.25) is 0 Å². The van der Waals surface area contributed by atoms with Crippen LogP contribution in [0.4, 0.5) is 0 Å². The van der Waals surface area contributed by atoms with Gasteiger partial charge in [0, 0.05) is 32.3 Å². The fourth-order valence-electron chi connectivity index (χ4n) is 4.32. The lowest BCUT2D eigenvalue weighted by molar-refractivity contribution is 0.307. The number of methoxy groups -OCH3 is 2. The van der Waals surface area contributed by atoms with E-state index in [0.29, 0.717) is 51.1 Å². The summed E-state index contributed by atoms with van der Waals surface area (Å²) in [6, 6.07) is 22.8. The number of aromatic nitrogens is 3. The third-order valence-corrected chi connectivity index (χ3v) is 9.03. The molecule has 0 amide bonds. The summed E-state index contributed by atoms with van der Waals surface area (Å²) in [6.07, 6.45) is 1.80. The zero-order chi connectivity index (χ0) is 27.0. The van der Waals surface area contributed by atoms with Gasteiger partial charge in [-0.1, -0.05) is 42.5 Å². The summed E-state index contributed by atoms with van der Waals surface area (Å²) < 4.78 is 38.0. The monoisotopic (exact) mass is 559 g/mol.